The predicted molar refractivity (Wildman–Crippen MR) is 65.5 cm³/mol. The van der Waals surface area contributed by atoms with Crippen LogP contribution in [-0.2, 0) is 6.54 Å². The topological polar surface area (TPSA) is 71.2 Å². The summed E-state index contributed by atoms with van der Waals surface area (Å²) < 4.78 is 0. The van der Waals surface area contributed by atoms with Crippen LogP contribution in [0.2, 0.25) is 0 Å². The number of nitrogens with zero attached hydrogens (tertiary/aromatic N) is 2. The van der Waals surface area contributed by atoms with Crippen LogP contribution in [0, 0.1) is 0 Å². The normalized spacial score (nSPS) is 16.6. The molecule has 17 heavy (non-hydrogen) atoms. The van der Waals surface area contributed by atoms with Gasteiger partial charge in [-0.05, 0) is 25.1 Å². The highest BCUT2D eigenvalue weighted by Gasteiger charge is 2.17. The summed E-state index contributed by atoms with van der Waals surface area (Å²) in [4.78, 5) is 18.2. The Balaban J connectivity index is 2.11. The van der Waals surface area contributed by atoms with E-state index in [0.29, 0.717) is 12.1 Å². The summed E-state index contributed by atoms with van der Waals surface area (Å²) in [6.45, 7) is 3.78. The minimum Gasteiger partial charge on any atom is -0.337 e. The Bertz CT molecular complexity index is 386. The zero-order chi connectivity index (χ0) is 12.1. The zero-order valence-corrected chi connectivity index (χ0v) is 9.85. The molecule has 3 N–H and O–H groups in total. The number of pyridine rings is 1. The summed E-state index contributed by atoms with van der Waals surface area (Å²) in [6, 6.07) is 3.53. The van der Waals surface area contributed by atoms with Crippen molar-refractivity contribution >= 4 is 5.91 Å². The van der Waals surface area contributed by atoms with Crippen molar-refractivity contribution in [2.24, 2.45) is 5.73 Å². The van der Waals surface area contributed by atoms with Gasteiger partial charge in [-0.2, -0.15) is 0 Å². The van der Waals surface area contributed by atoms with Gasteiger partial charge in [0.1, 0.15) is 0 Å². The van der Waals surface area contributed by atoms with Crippen molar-refractivity contribution in [2.45, 2.75) is 13.0 Å². The smallest absolute Gasteiger partial charge is 0.254 e. The number of nitrogens with two attached hydrogens (primary N) is 1. The van der Waals surface area contributed by atoms with Crippen molar-refractivity contribution in [1.82, 2.24) is 15.2 Å². The van der Waals surface area contributed by atoms with E-state index in [1.165, 1.54) is 0 Å². The standard InChI is InChI=1S/C12H18N4O/c13-9-11-8-10(2-4-15-11)12(17)16-6-1-3-14-5-7-16/h2,4,8,14H,1,3,5-7,9,13H2. The number of amides is 1. The van der Waals surface area contributed by atoms with Crippen LogP contribution in [0.15, 0.2) is 18.3 Å². The van der Waals surface area contributed by atoms with Gasteiger partial charge in [-0.15, -0.1) is 0 Å². The van der Waals surface area contributed by atoms with Crippen molar-refractivity contribution in [3.05, 3.63) is 29.6 Å². The number of hydrogen-bond acceptors (Lipinski definition) is 4. The third-order valence-electron chi connectivity index (χ3n) is 2.90. The van der Waals surface area contributed by atoms with Crippen molar-refractivity contribution in [3.8, 4) is 0 Å². The van der Waals surface area contributed by atoms with Gasteiger partial charge in [0, 0.05) is 37.9 Å². The summed E-state index contributed by atoms with van der Waals surface area (Å²) in [6.07, 6.45) is 2.64. The summed E-state index contributed by atoms with van der Waals surface area (Å²) in [5, 5.41) is 3.28. The molecule has 0 atom stereocenters. The molecule has 2 rings (SSSR count). The molecule has 1 aliphatic heterocycles. The first-order valence-electron chi connectivity index (χ1n) is 5.96. The maximum absolute atomic E-state index is 12.3. The molecule has 5 nitrogen and oxygen atoms in total. The fourth-order valence-electron chi connectivity index (χ4n) is 1.95. The molecule has 1 saturated heterocycles. The molecule has 92 valence electrons. The highest BCUT2D eigenvalue weighted by Crippen LogP contribution is 2.07. The van der Waals surface area contributed by atoms with Crippen molar-refractivity contribution in [1.29, 1.82) is 0 Å². The highest BCUT2D eigenvalue weighted by molar-refractivity contribution is 5.94. The molecule has 0 spiro atoms. The molecular weight excluding hydrogens is 216 g/mol. The molecule has 0 radical (unpaired) electrons. The van der Waals surface area contributed by atoms with Crippen LogP contribution in [0.25, 0.3) is 0 Å². The maximum atomic E-state index is 12.3. The average molecular weight is 234 g/mol. The van der Waals surface area contributed by atoms with Crippen molar-refractivity contribution in [2.75, 3.05) is 26.2 Å². The van der Waals surface area contributed by atoms with Crippen LogP contribution >= 0.6 is 0 Å². The Hall–Kier alpha value is -1.46. The van der Waals surface area contributed by atoms with Crippen molar-refractivity contribution < 1.29 is 4.79 Å². The number of aromatic nitrogens is 1. The fourth-order valence-corrected chi connectivity index (χ4v) is 1.95. The molecule has 1 amide bonds. The summed E-state index contributed by atoms with van der Waals surface area (Å²) in [5.74, 6) is 0.0748. The van der Waals surface area contributed by atoms with Gasteiger partial charge in [0.2, 0.25) is 0 Å². The molecule has 1 fully saturated rings. The molecule has 1 aliphatic rings. The number of carbonyl (C=O) groups excluding carboxylic acids is 1. The van der Waals surface area contributed by atoms with E-state index in [4.69, 9.17) is 5.73 Å². The number of hydrogen-bond donors (Lipinski definition) is 2. The third kappa shape index (κ3) is 3.01. The lowest BCUT2D eigenvalue weighted by molar-refractivity contribution is 0.0766. The second kappa shape index (κ2) is 5.75. The quantitative estimate of drug-likeness (QED) is 0.754. The lowest BCUT2D eigenvalue weighted by Crippen LogP contribution is -2.34. The Morgan fingerprint density at radius 3 is 3.18 bits per heavy atom. The van der Waals surface area contributed by atoms with Crippen molar-refractivity contribution in [3.63, 3.8) is 0 Å². The van der Waals surface area contributed by atoms with E-state index in [0.717, 1.165) is 38.3 Å². The molecular formula is C12H18N4O. The summed E-state index contributed by atoms with van der Waals surface area (Å²) >= 11 is 0. The Labute approximate surface area is 101 Å². The summed E-state index contributed by atoms with van der Waals surface area (Å²) in [5.41, 5.74) is 6.96. The van der Waals surface area contributed by atoms with Crippen LogP contribution in [0.3, 0.4) is 0 Å². The molecule has 0 aliphatic carbocycles. The van der Waals surface area contributed by atoms with Crippen LogP contribution in [0.4, 0.5) is 0 Å². The predicted octanol–water partition coefficient (Wildman–Crippen LogP) is -0.0242. The van der Waals surface area contributed by atoms with Crippen LogP contribution in [-0.4, -0.2) is 42.0 Å². The van der Waals surface area contributed by atoms with Gasteiger partial charge in [-0.3, -0.25) is 9.78 Å². The van der Waals surface area contributed by atoms with E-state index in [-0.39, 0.29) is 5.91 Å². The SMILES string of the molecule is NCc1cc(C(=O)N2CCCNCC2)ccn1. The molecule has 0 bridgehead atoms. The van der Waals surface area contributed by atoms with E-state index < -0.39 is 0 Å². The van der Waals surface area contributed by atoms with Gasteiger partial charge in [0.05, 0.1) is 5.69 Å². The first-order chi connectivity index (χ1) is 8.31. The monoisotopic (exact) mass is 234 g/mol. The minimum absolute atomic E-state index is 0.0748. The highest BCUT2D eigenvalue weighted by atomic mass is 16.2. The Kier molecular flexibility index (Phi) is 4.06. The van der Waals surface area contributed by atoms with Crippen LogP contribution < -0.4 is 11.1 Å². The lowest BCUT2D eigenvalue weighted by Gasteiger charge is -2.20. The largest absolute Gasteiger partial charge is 0.337 e. The molecule has 5 heteroatoms. The van der Waals surface area contributed by atoms with E-state index in [1.807, 2.05) is 4.90 Å². The molecule has 0 unspecified atom stereocenters. The van der Waals surface area contributed by atoms with Gasteiger partial charge < -0.3 is 16.0 Å². The fraction of sp³-hybridized carbons (Fsp3) is 0.500. The number of carbonyl (C=O) groups is 1. The van der Waals surface area contributed by atoms with Crippen LogP contribution in [0.5, 0.6) is 0 Å². The van der Waals surface area contributed by atoms with E-state index >= 15 is 0 Å². The Morgan fingerprint density at radius 1 is 1.47 bits per heavy atom. The van der Waals surface area contributed by atoms with E-state index in [2.05, 4.69) is 10.3 Å². The molecule has 1 aromatic heterocycles. The average Bonchev–Trinajstić information content (AvgIpc) is 2.67. The molecule has 0 aromatic carbocycles. The third-order valence-corrected chi connectivity index (χ3v) is 2.90. The summed E-state index contributed by atoms with van der Waals surface area (Å²) in [7, 11) is 0. The molecule has 0 saturated carbocycles. The van der Waals surface area contributed by atoms with E-state index in [1.54, 1.807) is 18.3 Å². The Morgan fingerprint density at radius 2 is 2.35 bits per heavy atom. The minimum atomic E-state index is 0.0748. The second-order valence-electron chi connectivity index (χ2n) is 4.14. The van der Waals surface area contributed by atoms with E-state index in [9.17, 15) is 4.79 Å². The van der Waals surface area contributed by atoms with Gasteiger partial charge in [-0.1, -0.05) is 0 Å². The lowest BCUT2D eigenvalue weighted by atomic mass is 10.2. The number of rotatable bonds is 2. The van der Waals surface area contributed by atoms with Gasteiger partial charge >= 0.3 is 0 Å². The number of nitrogens with one attached hydrogen (secondary N) is 1. The van der Waals surface area contributed by atoms with Crippen LogP contribution in [0.1, 0.15) is 22.5 Å². The molecule has 1 aromatic rings. The molecule has 2 heterocycles. The first kappa shape index (κ1) is 12.0. The van der Waals surface area contributed by atoms with Gasteiger partial charge in [0.15, 0.2) is 0 Å². The van der Waals surface area contributed by atoms with Gasteiger partial charge in [0.25, 0.3) is 5.91 Å². The second-order valence-corrected chi connectivity index (χ2v) is 4.14. The zero-order valence-electron chi connectivity index (χ0n) is 9.85. The van der Waals surface area contributed by atoms with Gasteiger partial charge in [-0.25, -0.2) is 0 Å². The first-order valence-corrected chi connectivity index (χ1v) is 5.96. The maximum Gasteiger partial charge on any atom is 0.254 e.